The first-order valence-electron chi connectivity index (χ1n) is 6.09. The van der Waals surface area contributed by atoms with E-state index < -0.39 is 0 Å². The van der Waals surface area contributed by atoms with E-state index in [4.69, 9.17) is 9.47 Å². The molecule has 1 aliphatic heterocycles. The molecule has 0 amide bonds. The van der Waals surface area contributed by atoms with Crippen molar-refractivity contribution in [2.24, 2.45) is 0 Å². The first-order valence-corrected chi connectivity index (χ1v) is 6.09. The Bertz CT molecular complexity index is 392. The molecule has 0 saturated heterocycles. The molecule has 4 nitrogen and oxygen atoms in total. The molecule has 1 aromatic rings. The molecule has 0 bridgehead atoms. The monoisotopic (exact) mass is 237 g/mol. The van der Waals surface area contributed by atoms with Gasteiger partial charge in [-0.1, -0.05) is 0 Å². The first kappa shape index (κ1) is 12.0. The predicted molar refractivity (Wildman–Crippen MR) is 67.0 cm³/mol. The van der Waals surface area contributed by atoms with E-state index in [9.17, 15) is 5.11 Å². The topological polar surface area (TPSA) is 50.7 Å². The number of rotatable bonds is 4. The Labute approximate surface area is 102 Å². The van der Waals surface area contributed by atoms with Crippen LogP contribution in [-0.2, 0) is 6.42 Å². The fourth-order valence-corrected chi connectivity index (χ4v) is 2.03. The van der Waals surface area contributed by atoms with Crippen molar-refractivity contribution in [1.82, 2.24) is 0 Å². The Morgan fingerprint density at radius 1 is 1.24 bits per heavy atom. The van der Waals surface area contributed by atoms with E-state index in [1.165, 1.54) is 0 Å². The van der Waals surface area contributed by atoms with Crippen molar-refractivity contribution in [1.29, 1.82) is 0 Å². The summed E-state index contributed by atoms with van der Waals surface area (Å²) in [5.41, 5.74) is 2.11. The molecule has 1 aromatic carbocycles. The van der Waals surface area contributed by atoms with Crippen molar-refractivity contribution in [2.45, 2.75) is 26.4 Å². The average molecular weight is 237 g/mol. The second-order valence-corrected chi connectivity index (χ2v) is 4.06. The molecule has 1 aliphatic rings. The highest BCUT2D eigenvalue weighted by Gasteiger charge is 2.19. The lowest BCUT2D eigenvalue weighted by atomic mass is 10.0. The van der Waals surface area contributed by atoms with E-state index in [0.717, 1.165) is 22.7 Å². The highest BCUT2D eigenvalue weighted by molar-refractivity contribution is 5.62. The van der Waals surface area contributed by atoms with Crippen molar-refractivity contribution in [3.63, 3.8) is 0 Å². The quantitative estimate of drug-likeness (QED) is 0.838. The highest BCUT2D eigenvalue weighted by atomic mass is 16.5. The zero-order valence-electron chi connectivity index (χ0n) is 10.3. The lowest BCUT2D eigenvalue weighted by molar-refractivity contribution is 0.184. The van der Waals surface area contributed by atoms with Gasteiger partial charge >= 0.3 is 0 Å². The summed E-state index contributed by atoms with van der Waals surface area (Å²) in [4.78, 5) is 0. The molecule has 4 heteroatoms. The Hall–Kier alpha value is -1.42. The Kier molecular flexibility index (Phi) is 3.74. The molecule has 0 radical (unpaired) electrons. The molecule has 2 N–H and O–H groups in total. The number of hydrogen-bond donors (Lipinski definition) is 2. The van der Waals surface area contributed by atoms with E-state index in [-0.39, 0.29) is 6.10 Å². The predicted octanol–water partition coefficient (Wildman–Crippen LogP) is 1.81. The molecule has 94 valence electrons. The summed E-state index contributed by atoms with van der Waals surface area (Å²) in [6, 6.07) is 3.91. The Morgan fingerprint density at radius 3 is 2.53 bits per heavy atom. The Balaban J connectivity index is 2.33. The number of ether oxygens (including phenoxy) is 2. The van der Waals surface area contributed by atoms with Gasteiger partial charge in [-0.2, -0.15) is 0 Å². The standard InChI is InChI=1S/C13H19NO3/c1-3-16-12-6-9-5-10(15)8-14-11(9)7-13(12)17-4-2/h6-7,10,14-15H,3-5,8H2,1-2H3. The number of nitrogens with one attached hydrogen (secondary N) is 1. The van der Waals surface area contributed by atoms with E-state index in [1.54, 1.807) is 0 Å². The van der Waals surface area contributed by atoms with Gasteiger partial charge in [0.05, 0.1) is 19.3 Å². The normalized spacial score (nSPS) is 18.2. The molecular weight excluding hydrogens is 218 g/mol. The van der Waals surface area contributed by atoms with Gasteiger partial charge in [0.15, 0.2) is 11.5 Å². The van der Waals surface area contributed by atoms with Crippen LogP contribution in [0.5, 0.6) is 11.5 Å². The zero-order chi connectivity index (χ0) is 12.3. The molecule has 1 heterocycles. The fraction of sp³-hybridized carbons (Fsp3) is 0.538. The van der Waals surface area contributed by atoms with Crippen molar-refractivity contribution >= 4 is 5.69 Å². The number of fused-ring (bicyclic) bond motifs is 1. The number of aliphatic hydroxyl groups is 1. The molecule has 0 aliphatic carbocycles. The Morgan fingerprint density at radius 2 is 1.88 bits per heavy atom. The van der Waals surface area contributed by atoms with Crippen molar-refractivity contribution in [2.75, 3.05) is 25.1 Å². The van der Waals surface area contributed by atoms with Gasteiger partial charge in [-0.25, -0.2) is 0 Å². The van der Waals surface area contributed by atoms with E-state index in [2.05, 4.69) is 5.32 Å². The van der Waals surface area contributed by atoms with E-state index >= 15 is 0 Å². The number of β-amino-alcohol motifs (C(OH)–C–C–N with tert-alkyl or cyclic N) is 1. The molecular formula is C13H19NO3. The van der Waals surface area contributed by atoms with Gasteiger partial charge in [-0.05, 0) is 25.5 Å². The number of hydrogen-bond acceptors (Lipinski definition) is 4. The van der Waals surface area contributed by atoms with E-state index in [1.807, 2.05) is 26.0 Å². The molecule has 0 aromatic heterocycles. The summed E-state index contributed by atoms with van der Waals surface area (Å²) in [5, 5.41) is 12.8. The van der Waals surface area contributed by atoms with Crippen molar-refractivity contribution < 1.29 is 14.6 Å². The molecule has 17 heavy (non-hydrogen) atoms. The minimum absolute atomic E-state index is 0.324. The maximum atomic E-state index is 9.61. The summed E-state index contributed by atoms with van der Waals surface area (Å²) >= 11 is 0. The SMILES string of the molecule is CCOc1cc2c(cc1OCC)NCC(O)C2. The molecule has 1 unspecified atom stereocenters. The van der Waals surface area contributed by atoms with Crippen LogP contribution in [0.4, 0.5) is 5.69 Å². The van der Waals surface area contributed by atoms with Crippen LogP contribution in [-0.4, -0.2) is 31.0 Å². The second-order valence-electron chi connectivity index (χ2n) is 4.06. The maximum Gasteiger partial charge on any atom is 0.163 e. The lowest BCUT2D eigenvalue weighted by Gasteiger charge is -2.24. The smallest absolute Gasteiger partial charge is 0.163 e. The summed E-state index contributed by atoms with van der Waals surface area (Å²) in [7, 11) is 0. The fourth-order valence-electron chi connectivity index (χ4n) is 2.03. The number of anilines is 1. The molecule has 0 spiro atoms. The molecule has 0 fully saturated rings. The summed E-state index contributed by atoms with van der Waals surface area (Å²) in [6.07, 6.45) is 0.337. The average Bonchev–Trinajstić information content (AvgIpc) is 2.31. The lowest BCUT2D eigenvalue weighted by Crippen LogP contribution is -2.27. The number of benzene rings is 1. The van der Waals surface area contributed by atoms with Crippen LogP contribution in [0.2, 0.25) is 0 Å². The largest absolute Gasteiger partial charge is 0.490 e. The molecule has 0 saturated carbocycles. The van der Waals surface area contributed by atoms with Gasteiger partial charge in [-0.3, -0.25) is 0 Å². The summed E-state index contributed by atoms with van der Waals surface area (Å²) in [5.74, 6) is 1.51. The number of aliphatic hydroxyl groups excluding tert-OH is 1. The second kappa shape index (κ2) is 5.27. The van der Waals surface area contributed by atoms with Crippen LogP contribution in [0.15, 0.2) is 12.1 Å². The van der Waals surface area contributed by atoms with Gasteiger partial charge in [0.1, 0.15) is 0 Å². The van der Waals surface area contributed by atoms with Crippen molar-refractivity contribution in [3.8, 4) is 11.5 Å². The van der Waals surface area contributed by atoms with Crippen LogP contribution in [0.1, 0.15) is 19.4 Å². The first-order chi connectivity index (χ1) is 8.24. The minimum atomic E-state index is -0.324. The minimum Gasteiger partial charge on any atom is -0.490 e. The van der Waals surface area contributed by atoms with E-state index in [0.29, 0.717) is 26.2 Å². The van der Waals surface area contributed by atoms with Gasteiger partial charge in [0, 0.05) is 24.7 Å². The highest BCUT2D eigenvalue weighted by Crippen LogP contribution is 2.35. The van der Waals surface area contributed by atoms with Gasteiger partial charge in [-0.15, -0.1) is 0 Å². The molecule has 2 rings (SSSR count). The van der Waals surface area contributed by atoms with Gasteiger partial charge in [0.2, 0.25) is 0 Å². The summed E-state index contributed by atoms with van der Waals surface area (Å²) in [6.45, 7) is 5.71. The maximum absolute atomic E-state index is 9.61. The van der Waals surface area contributed by atoms with Crippen LogP contribution >= 0.6 is 0 Å². The zero-order valence-corrected chi connectivity index (χ0v) is 10.3. The van der Waals surface area contributed by atoms with Crippen LogP contribution in [0, 0.1) is 0 Å². The van der Waals surface area contributed by atoms with Crippen LogP contribution in [0.25, 0.3) is 0 Å². The van der Waals surface area contributed by atoms with Gasteiger partial charge in [0.25, 0.3) is 0 Å². The van der Waals surface area contributed by atoms with Crippen molar-refractivity contribution in [3.05, 3.63) is 17.7 Å². The third-order valence-corrected chi connectivity index (χ3v) is 2.75. The third-order valence-electron chi connectivity index (χ3n) is 2.75. The third kappa shape index (κ3) is 2.64. The van der Waals surface area contributed by atoms with Crippen LogP contribution in [0.3, 0.4) is 0 Å². The van der Waals surface area contributed by atoms with Crippen LogP contribution < -0.4 is 14.8 Å². The molecule has 1 atom stereocenters. The van der Waals surface area contributed by atoms with Gasteiger partial charge < -0.3 is 19.9 Å². The summed E-state index contributed by atoms with van der Waals surface area (Å²) < 4.78 is 11.1.